The van der Waals surface area contributed by atoms with Crippen molar-refractivity contribution in [1.82, 2.24) is 0 Å². The van der Waals surface area contributed by atoms with Gasteiger partial charge >= 0.3 is 0 Å². The lowest BCUT2D eigenvalue weighted by atomic mass is 9.89. The third kappa shape index (κ3) is 3.03. The molecule has 2 N–H and O–H groups in total. The summed E-state index contributed by atoms with van der Waals surface area (Å²) in [5.74, 6) is 0.581. The Labute approximate surface area is 81.1 Å². The molecule has 2 nitrogen and oxygen atoms in total. The number of hydrogen-bond donors (Lipinski definition) is 1. The van der Waals surface area contributed by atoms with Crippen LogP contribution in [0.5, 0.6) is 0 Å². The summed E-state index contributed by atoms with van der Waals surface area (Å²) < 4.78 is 5.29. The predicted octanol–water partition coefficient (Wildman–Crippen LogP) is 2.44. The van der Waals surface area contributed by atoms with Crippen molar-refractivity contribution in [3.8, 4) is 0 Å². The van der Waals surface area contributed by atoms with Crippen molar-refractivity contribution in [2.45, 2.75) is 45.6 Å². The minimum Gasteiger partial charge on any atom is -0.501 e. The van der Waals surface area contributed by atoms with Crippen molar-refractivity contribution in [3.63, 3.8) is 0 Å². The van der Waals surface area contributed by atoms with Crippen LogP contribution in [0.1, 0.15) is 39.5 Å². The summed E-state index contributed by atoms with van der Waals surface area (Å²) in [4.78, 5) is 0. The van der Waals surface area contributed by atoms with Crippen LogP contribution < -0.4 is 5.73 Å². The van der Waals surface area contributed by atoms with E-state index in [1.54, 1.807) is 0 Å². The average Bonchev–Trinajstić information content (AvgIpc) is 2.18. The highest BCUT2D eigenvalue weighted by molar-refractivity contribution is 5.10. The Morgan fingerprint density at radius 2 is 2.38 bits per heavy atom. The molecule has 0 radical (unpaired) electrons. The number of nitrogens with two attached hydrogens (primary N) is 1. The summed E-state index contributed by atoms with van der Waals surface area (Å²) in [6.07, 6.45) is 6.54. The molecule has 0 aromatic carbocycles. The van der Waals surface area contributed by atoms with E-state index in [1.165, 1.54) is 18.4 Å². The second kappa shape index (κ2) is 5.28. The van der Waals surface area contributed by atoms with Crippen LogP contribution in [0.15, 0.2) is 11.8 Å². The van der Waals surface area contributed by atoms with Crippen LogP contribution in [0.4, 0.5) is 0 Å². The van der Waals surface area contributed by atoms with Crippen molar-refractivity contribution < 1.29 is 4.74 Å². The van der Waals surface area contributed by atoms with Crippen LogP contribution in [0.2, 0.25) is 0 Å². The molecule has 0 aromatic heterocycles. The second-order valence-corrected chi connectivity index (χ2v) is 3.96. The molecule has 1 aliphatic heterocycles. The molecule has 0 aromatic rings. The first-order valence-electron chi connectivity index (χ1n) is 5.31. The summed E-state index contributed by atoms with van der Waals surface area (Å²) in [6, 6.07) is 0.209. The van der Waals surface area contributed by atoms with Gasteiger partial charge in [-0.3, -0.25) is 0 Å². The smallest absolute Gasteiger partial charge is 0.0876 e. The van der Waals surface area contributed by atoms with Gasteiger partial charge in [0.1, 0.15) is 0 Å². The van der Waals surface area contributed by atoms with Crippen LogP contribution in [-0.4, -0.2) is 12.6 Å². The highest BCUT2D eigenvalue weighted by Gasteiger charge is 2.18. The van der Waals surface area contributed by atoms with Gasteiger partial charge in [-0.2, -0.15) is 0 Å². The molecule has 76 valence electrons. The van der Waals surface area contributed by atoms with E-state index in [1.807, 2.05) is 6.26 Å². The fraction of sp³-hybridized carbons (Fsp3) is 0.818. The average molecular weight is 183 g/mol. The van der Waals surface area contributed by atoms with E-state index < -0.39 is 0 Å². The first kappa shape index (κ1) is 10.6. The van der Waals surface area contributed by atoms with E-state index >= 15 is 0 Å². The maximum absolute atomic E-state index is 6.13. The van der Waals surface area contributed by atoms with Crippen molar-refractivity contribution in [2.75, 3.05) is 6.61 Å². The Bertz CT molecular complexity index is 177. The molecule has 0 saturated heterocycles. The highest BCUT2D eigenvalue weighted by atomic mass is 16.5. The van der Waals surface area contributed by atoms with Crippen LogP contribution in [0.25, 0.3) is 0 Å². The fourth-order valence-corrected chi connectivity index (χ4v) is 1.83. The Kier molecular flexibility index (Phi) is 4.29. The van der Waals surface area contributed by atoms with Crippen LogP contribution in [0.3, 0.4) is 0 Å². The van der Waals surface area contributed by atoms with Gasteiger partial charge in [0.25, 0.3) is 0 Å². The van der Waals surface area contributed by atoms with Crippen LogP contribution >= 0.6 is 0 Å². The van der Waals surface area contributed by atoms with E-state index in [2.05, 4.69) is 13.8 Å². The zero-order chi connectivity index (χ0) is 9.68. The molecule has 2 atom stereocenters. The van der Waals surface area contributed by atoms with Gasteiger partial charge in [-0.15, -0.1) is 0 Å². The molecule has 1 heterocycles. The van der Waals surface area contributed by atoms with E-state index in [0.29, 0.717) is 5.92 Å². The van der Waals surface area contributed by atoms with Gasteiger partial charge in [-0.05, 0) is 30.8 Å². The second-order valence-electron chi connectivity index (χ2n) is 3.96. The molecular formula is C11H21NO. The molecule has 13 heavy (non-hydrogen) atoms. The Balaban J connectivity index is 2.44. The lowest BCUT2D eigenvalue weighted by molar-refractivity contribution is 0.217. The molecule has 0 aliphatic carbocycles. The third-order valence-electron chi connectivity index (χ3n) is 2.75. The van der Waals surface area contributed by atoms with Gasteiger partial charge in [0.05, 0.1) is 12.9 Å². The maximum Gasteiger partial charge on any atom is 0.0876 e. The molecule has 1 aliphatic rings. The standard InChI is InChI=1S/C11H21NO/c1-3-5-9(2)11(12)10-6-4-7-13-8-10/h8-9,11H,3-7,12H2,1-2H3. The van der Waals surface area contributed by atoms with Crippen molar-refractivity contribution in [2.24, 2.45) is 11.7 Å². The number of rotatable bonds is 4. The lowest BCUT2D eigenvalue weighted by Gasteiger charge is -2.24. The molecule has 0 saturated carbocycles. The van der Waals surface area contributed by atoms with Crippen LogP contribution in [0, 0.1) is 5.92 Å². The Hall–Kier alpha value is -0.500. The molecule has 0 amide bonds. The minimum atomic E-state index is 0.209. The number of hydrogen-bond acceptors (Lipinski definition) is 2. The molecule has 2 unspecified atom stereocenters. The van der Waals surface area contributed by atoms with E-state index in [-0.39, 0.29) is 6.04 Å². The van der Waals surface area contributed by atoms with Gasteiger partial charge in [0.15, 0.2) is 0 Å². The first-order chi connectivity index (χ1) is 6.25. The highest BCUT2D eigenvalue weighted by Crippen LogP contribution is 2.21. The molecule has 0 bridgehead atoms. The summed E-state index contributed by atoms with van der Waals surface area (Å²) >= 11 is 0. The zero-order valence-corrected chi connectivity index (χ0v) is 8.75. The Morgan fingerprint density at radius 3 is 2.92 bits per heavy atom. The van der Waals surface area contributed by atoms with Crippen molar-refractivity contribution in [3.05, 3.63) is 11.8 Å². The summed E-state index contributed by atoms with van der Waals surface area (Å²) in [5.41, 5.74) is 7.43. The molecule has 0 fully saturated rings. The van der Waals surface area contributed by atoms with Gasteiger partial charge in [-0.1, -0.05) is 20.3 Å². The molecule has 2 heteroatoms. The van der Waals surface area contributed by atoms with Gasteiger partial charge in [0.2, 0.25) is 0 Å². The minimum absolute atomic E-state index is 0.209. The number of ether oxygens (including phenoxy) is 1. The lowest BCUT2D eigenvalue weighted by Crippen LogP contribution is -2.31. The first-order valence-corrected chi connectivity index (χ1v) is 5.31. The molecule has 1 rings (SSSR count). The zero-order valence-electron chi connectivity index (χ0n) is 8.75. The van der Waals surface area contributed by atoms with Crippen LogP contribution in [-0.2, 0) is 4.74 Å². The van der Waals surface area contributed by atoms with E-state index in [4.69, 9.17) is 10.5 Å². The molecular weight excluding hydrogens is 162 g/mol. The molecule has 0 spiro atoms. The largest absolute Gasteiger partial charge is 0.501 e. The SMILES string of the molecule is CCCC(C)C(N)C1=COCCC1. The van der Waals surface area contributed by atoms with Gasteiger partial charge < -0.3 is 10.5 Å². The summed E-state index contributed by atoms with van der Waals surface area (Å²) in [7, 11) is 0. The van der Waals surface area contributed by atoms with E-state index in [0.717, 1.165) is 19.4 Å². The van der Waals surface area contributed by atoms with Crippen molar-refractivity contribution >= 4 is 0 Å². The maximum atomic E-state index is 6.13. The van der Waals surface area contributed by atoms with Gasteiger partial charge in [-0.25, -0.2) is 0 Å². The summed E-state index contributed by atoms with van der Waals surface area (Å²) in [6.45, 7) is 5.29. The normalized spacial score (nSPS) is 21.6. The van der Waals surface area contributed by atoms with Gasteiger partial charge in [0, 0.05) is 6.04 Å². The van der Waals surface area contributed by atoms with Crippen molar-refractivity contribution in [1.29, 1.82) is 0 Å². The fourth-order valence-electron chi connectivity index (χ4n) is 1.83. The predicted molar refractivity (Wildman–Crippen MR) is 55.3 cm³/mol. The third-order valence-corrected chi connectivity index (χ3v) is 2.75. The topological polar surface area (TPSA) is 35.2 Å². The van der Waals surface area contributed by atoms with E-state index in [9.17, 15) is 0 Å². The quantitative estimate of drug-likeness (QED) is 0.726. The summed E-state index contributed by atoms with van der Waals surface area (Å²) in [5, 5.41) is 0. The Morgan fingerprint density at radius 1 is 1.62 bits per heavy atom. The monoisotopic (exact) mass is 183 g/mol.